The minimum absolute atomic E-state index is 0.0877. The summed E-state index contributed by atoms with van der Waals surface area (Å²) >= 11 is 1.48. The summed E-state index contributed by atoms with van der Waals surface area (Å²) < 4.78 is 5.23. The Morgan fingerprint density at radius 2 is 2.23 bits per heavy atom. The van der Waals surface area contributed by atoms with Crippen LogP contribution in [0.4, 0.5) is 4.79 Å². The molecule has 7 heteroatoms. The van der Waals surface area contributed by atoms with E-state index in [9.17, 15) is 14.7 Å². The molecule has 1 aromatic heterocycles. The normalized spacial score (nSPS) is 20.6. The first-order chi connectivity index (χ1) is 10.3. The maximum Gasteiger partial charge on any atom is 0.407 e. The predicted molar refractivity (Wildman–Crippen MR) is 84.0 cm³/mol. The van der Waals surface area contributed by atoms with Crippen LogP contribution in [0.1, 0.15) is 38.8 Å². The van der Waals surface area contributed by atoms with E-state index in [1.54, 1.807) is 0 Å². The number of thiophene rings is 1. The van der Waals surface area contributed by atoms with E-state index in [4.69, 9.17) is 4.74 Å². The lowest BCUT2D eigenvalue weighted by Crippen LogP contribution is -2.41. The van der Waals surface area contributed by atoms with Crippen LogP contribution in [0.15, 0.2) is 16.8 Å². The molecule has 2 rings (SSSR count). The van der Waals surface area contributed by atoms with Gasteiger partial charge < -0.3 is 15.2 Å². The highest BCUT2D eigenvalue weighted by atomic mass is 32.1. The van der Waals surface area contributed by atoms with Gasteiger partial charge in [0.05, 0.1) is 0 Å². The lowest BCUT2D eigenvalue weighted by Gasteiger charge is -2.24. The van der Waals surface area contributed by atoms with Gasteiger partial charge in [-0.1, -0.05) is 0 Å². The molecule has 2 N–H and O–H groups in total. The molecule has 1 saturated heterocycles. The second-order valence-electron chi connectivity index (χ2n) is 6.42. The van der Waals surface area contributed by atoms with Crippen molar-refractivity contribution in [1.29, 1.82) is 0 Å². The standard InChI is InChI=1S/C15H22N2O4S/c1-15(2,3)21-14(20)16-11-4-6-17(8-11)12(13(18)19)10-5-7-22-9-10/h5,7,9,11-12H,4,6,8H2,1-3H3,(H,16,20)(H,18,19)/t11-,12-/m1/s1. The number of carboxylic acid groups (broad SMARTS) is 1. The third-order valence-electron chi connectivity index (χ3n) is 3.40. The Morgan fingerprint density at radius 3 is 2.77 bits per heavy atom. The number of nitrogens with one attached hydrogen (secondary N) is 1. The monoisotopic (exact) mass is 326 g/mol. The number of carboxylic acids is 1. The van der Waals surface area contributed by atoms with Gasteiger partial charge in [0.2, 0.25) is 0 Å². The summed E-state index contributed by atoms with van der Waals surface area (Å²) in [5.74, 6) is -0.865. The minimum Gasteiger partial charge on any atom is -0.480 e. The third-order valence-corrected chi connectivity index (χ3v) is 4.10. The summed E-state index contributed by atoms with van der Waals surface area (Å²) in [5.41, 5.74) is 0.248. The second-order valence-corrected chi connectivity index (χ2v) is 7.20. The average Bonchev–Trinajstić information content (AvgIpc) is 2.99. The molecule has 0 aromatic carbocycles. The van der Waals surface area contributed by atoms with E-state index in [2.05, 4.69) is 5.32 Å². The van der Waals surface area contributed by atoms with Crippen molar-refractivity contribution in [1.82, 2.24) is 10.2 Å². The Labute approximate surface area is 134 Å². The number of carbonyl (C=O) groups is 2. The van der Waals surface area contributed by atoms with Gasteiger partial charge >= 0.3 is 12.1 Å². The average molecular weight is 326 g/mol. The van der Waals surface area contributed by atoms with Crippen molar-refractivity contribution in [2.24, 2.45) is 0 Å². The zero-order chi connectivity index (χ0) is 16.3. The largest absolute Gasteiger partial charge is 0.480 e. The molecule has 2 heterocycles. The summed E-state index contributed by atoms with van der Waals surface area (Å²) in [7, 11) is 0. The summed E-state index contributed by atoms with van der Waals surface area (Å²) in [6.45, 7) is 6.57. The van der Waals surface area contributed by atoms with Crippen molar-refractivity contribution in [2.45, 2.75) is 44.9 Å². The van der Waals surface area contributed by atoms with Crippen LogP contribution in [0.25, 0.3) is 0 Å². The van der Waals surface area contributed by atoms with Crippen LogP contribution in [0, 0.1) is 0 Å². The molecule has 1 aliphatic rings. The van der Waals surface area contributed by atoms with Crippen molar-refractivity contribution >= 4 is 23.4 Å². The fourth-order valence-electron chi connectivity index (χ4n) is 2.55. The van der Waals surface area contributed by atoms with Gasteiger partial charge in [0, 0.05) is 19.1 Å². The Hall–Kier alpha value is -1.60. The minimum atomic E-state index is -0.865. The van der Waals surface area contributed by atoms with Gasteiger partial charge in [0.25, 0.3) is 0 Å². The van der Waals surface area contributed by atoms with E-state index < -0.39 is 23.7 Å². The Morgan fingerprint density at radius 1 is 1.50 bits per heavy atom. The molecule has 0 aliphatic carbocycles. The molecular formula is C15H22N2O4S. The molecule has 0 saturated carbocycles. The van der Waals surface area contributed by atoms with Crippen LogP contribution in [0.2, 0.25) is 0 Å². The van der Waals surface area contributed by atoms with Gasteiger partial charge in [-0.25, -0.2) is 4.79 Å². The van der Waals surface area contributed by atoms with Gasteiger partial charge in [0.1, 0.15) is 11.6 Å². The first-order valence-corrected chi connectivity index (χ1v) is 8.19. The van der Waals surface area contributed by atoms with Crippen LogP contribution in [0.5, 0.6) is 0 Å². The van der Waals surface area contributed by atoms with E-state index in [1.165, 1.54) is 11.3 Å². The lowest BCUT2D eigenvalue weighted by atomic mass is 10.1. The van der Waals surface area contributed by atoms with Crippen molar-refractivity contribution in [2.75, 3.05) is 13.1 Å². The summed E-state index contributed by atoms with van der Waals surface area (Å²) in [6, 6.07) is 1.09. The molecule has 0 spiro atoms. The maximum atomic E-state index is 11.8. The molecule has 122 valence electrons. The Kier molecular flexibility index (Phi) is 5.08. The number of nitrogens with zero attached hydrogens (tertiary/aromatic N) is 1. The van der Waals surface area contributed by atoms with Crippen molar-refractivity contribution in [3.63, 3.8) is 0 Å². The zero-order valence-corrected chi connectivity index (χ0v) is 13.9. The third kappa shape index (κ3) is 4.45. The van der Waals surface area contributed by atoms with E-state index in [-0.39, 0.29) is 6.04 Å². The Balaban J connectivity index is 1.94. The topological polar surface area (TPSA) is 78.9 Å². The van der Waals surface area contributed by atoms with E-state index in [0.29, 0.717) is 19.5 Å². The summed E-state index contributed by atoms with van der Waals surface area (Å²) in [4.78, 5) is 25.2. The van der Waals surface area contributed by atoms with Crippen LogP contribution in [0.3, 0.4) is 0 Å². The quantitative estimate of drug-likeness (QED) is 0.888. The molecular weight excluding hydrogens is 304 g/mol. The highest BCUT2D eigenvalue weighted by Gasteiger charge is 2.34. The number of hydrogen-bond acceptors (Lipinski definition) is 5. The number of alkyl carbamates (subject to hydrolysis) is 1. The van der Waals surface area contributed by atoms with Crippen LogP contribution < -0.4 is 5.32 Å². The number of carbonyl (C=O) groups excluding carboxylic acids is 1. The zero-order valence-electron chi connectivity index (χ0n) is 13.0. The molecule has 1 aliphatic heterocycles. The fourth-order valence-corrected chi connectivity index (χ4v) is 3.23. The second kappa shape index (κ2) is 6.66. The molecule has 1 aromatic rings. The number of likely N-dealkylation sites (tertiary alicyclic amines) is 1. The van der Waals surface area contributed by atoms with E-state index in [0.717, 1.165) is 5.56 Å². The molecule has 1 amide bonds. The molecule has 0 radical (unpaired) electrons. The number of amides is 1. The molecule has 22 heavy (non-hydrogen) atoms. The first-order valence-electron chi connectivity index (χ1n) is 7.25. The number of aliphatic carboxylic acids is 1. The molecule has 2 atom stereocenters. The molecule has 0 bridgehead atoms. The van der Waals surface area contributed by atoms with E-state index in [1.807, 2.05) is 42.5 Å². The highest BCUT2D eigenvalue weighted by Crippen LogP contribution is 2.27. The van der Waals surface area contributed by atoms with Gasteiger partial charge in [-0.3, -0.25) is 9.69 Å². The van der Waals surface area contributed by atoms with Crippen LogP contribution in [-0.2, 0) is 9.53 Å². The maximum absolute atomic E-state index is 11.8. The number of ether oxygens (including phenoxy) is 1. The first kappa shape index (κ1) is 16.8. The predicted octanol–water partition coefficient (Wildman–Crippen LogP) is 2.47. The fraction of sp³-hybridized carbons (Fsp3) is 0.600. The molecule has 6 nitrogen and oxygen atoms in total. The Bertz CT molecular complexity index is 524. The lowest BCUT2D eigenvalue weighted by molar-refractivity contribution is -0.143. The highest BCUT2D eigenvalue weighted by molar-refractivity contribution is 7.08. The van der Waals surface area contributed by atoms with Gasteiger partial charge in [-0.15, -0.1) is 0 Å². The summed E-state index contributed by atoms with van der Waals surface area (Å²) in [6.07, 6.45) is 0.259. The van der Waals surface area contributed by atoms with Gasteiger partial charge in [-0.2, -0.15) is 11.3 Å². The van der Waals surface area contributed by atoms with Crippen molar-refractivity contribution in [3.8, 4) is 0 Å². The molecule has 0 unspecified atom stereocenters. The number of hydrogen-bond donors (Lipinski definition) is 2. The summed E-state index contributed by atoms with van der Waals surface area (Å²) in [5, 5.41) is 16.0. The molecule has 1 fully saturated rings. The smallest absolute Gasteiger partial charge is 0.407 e. The number of rotatable bonds is 4. The van der Waals surface area contributed by atoms with Crippen LogP contribution >= 0.6 is 11.3 Å². The van der Waals surface area contributed by atoms with Gasteiger partial charge in [0.15, 0.2) is 0 Å². The van der Waals surface area contributed by atoms with Crippen molar-refractivity contribution in [3.05, 3.63) is 22.4 Å². The van der Waals surface area contributed by atoms with E-state index >= 15 is 0 Å². The van der Waals surface area contributed by atoms with Gasteiger partial charge in [-0.05, 0) is 49.6 Å². The van der Waals surface area contributed by atoms with Crippen LogP contribution in [-0.4, -0.2) is 46.8 Å². The van der Waals surface area contributed by atoms with Crippen molar-refractivity contribution < 1.29 is 19.4 Å². The SMILES string of the molecule is CC(C)(C)OC(=O)N[C@@H]1CCN([C@@H](C(=O)O)c2ccsc2)C1.